The van der Waals surface area contributed by atoms with E-state index in [1.807, 2.05) is 70.1 Å². The Kier molecular flexibility index (Phi) is 6.72. The number of aliphatic hydroxyl groups is 1. The summed E-state index contributed by atoms with van der Waals surface area (Å²) in [6, 6.07) is 12.5. The molecule has 1 fully saturated rings. The lowest BCUT2D eigenvalue weighted by Crippen LogP contribution is -2.35. The summed E-state index contributed by atoms with van der Waals surface area (Å²) in [6.07, 6.45) is 0. The van der Waals surface area contributed by atoms with Gasteiger partial charge in [-0.15, -0.1) is 0 Å². The molecule has 35 heavy (non-hydrogen) atoms. The van der Waals surface area contributed by atoms with Crippen LogP contribution in [0, 0.1) is 6.92 Å². The largest absolute Gasteiger partial charge is 0.507 e. The maximum Gasteiger partial charge on any atom is 0.295 e. The van der Waals surface area contributed by atoms with Crippen molar-refractivity contribution in [2.75, 3.05) is 34.3 Å². The van der Waals surface area contributed by atoms with Crippen LogP contribution in [0.1, 0.15) is 48.2 Å². The number of hydrogen-bond donors (Lipinski definition) is 2. The highest BCUT2D eigenvalue weighted by molar-refractivity contribution is 6.46. The van der Waals surface area contributed by atoms with Gasteiger partial charge < -0.3 is 24.6 Å². The first-order chi connectivity index (χ1) is 16.6. The van der Waals surface area contributed by atoms with Gasteiger partial charge in [-0.05, 0) is 56.8 Å². The number of methoxy groups -OCH3 is 1. The Balaban J connectivity index is 1.95. The maximum atomic E-state index is 13.4. The van der Waals surface area contributed by atoms with Crippen LogP contribution >= 0.6 is 0 Å². The van der Waals surface area contributed by atoms with Crippen LogP contribution in [-0.4, -0.2) is 65.9 Å². The number of H-pyrrole nitrogens is 1. The van der Waals surface area contributed by atoms with Crippen LogP contribution in [0.15, 0.2) is 48.0 Å². The Morgan fingerprint density at radius 3 is 2.54 bits per heavy atom. The minimum absolute atomic E-state index is 0.112. The van der Waals surface area contributed by atoms with Crippen LogP contribution in [0.4, 0.5) is 0 Å². The number of amides is 1. The topological polar surface area (TPSA) is 85.9 Å². The first kappa shape index (κ1) is 24.5. The van der Waals surface area contributed by atoms with E-state index in [-0.39, 0.29) is 17.3 Å². The Morgan fingerprint density at radius 1 is 1.17 bits per heavy atom. The minimum atomic E-state index is -0.698. The van der Waals surface area contributed by atoms with Crippen LogP contribution in [0.5, 0.6) is 5.75 Å². The van der Waals surface area contributed by atoms with E-state index in [4.69, 9.17) is 4.74 Å². The predicted octanol–water partition coefficient (Wildman–Crippen LogP) is 4.59. The van der Waals surface area contributed by atoms with Crippen molar-refractivity contribution in [2.45, 2.75) is 32.7 Å². The molecule has 1 aliphatic rings. The summed E-state index contributed by atoms with van der Waals surface area (Å²) < 4.78 is 5.48. The number of nitrogens with one attached hydrogen (secondary N) is 1. The summed E-state index contributed by atoms with van der Waals surface area (Å²) in [5.41, 5.74) is 4.13. The fraction of sp³-hybridized carbons (Fsp3) is 0.357. The normalized spacial score (nSPS) is 17.8. The summed E-state index contributed by atoms with van der Waals surface area (Å²) in [5, 5.41) is 12.5. The number of carbonyl (C=O) groups is 2. The van der Waals surface area contributed by atoms with Crippen LogP contribution in [0.3, 0.4) is 0 Å². The van der Waals surface area contributed by atoms with Gasteiger partial charge in [-0.2, -0.15) is 0 Å². The molecule has 1 unspecified atom stereocenters. The number of ketones is 1. The third-order valence-electron chi connectivity index (χ3n) is 6.67. The second-order valence-corrected chi connectivity index (χ2v) is 9.62. The molecule has 0 spiro atoms. The zero-order valence-electron chi connectivity index (χ0n) is 21.2. The molecule has 7 heteroatoms. The number of ether oxygens (including phenoxy) is 1. The van der Waals surface area contributed by atoms with Crippen LogP contribution in [0.25, 0.3) is 16.7 Å². The Morgan fingerprint density at radius 2 is 1.89 bits per heavy atom. The average Bonchev–Trinajstić information content (AvgIpc) is 3.28. The summed E-state index contributed by atoms with van der Waals surface area (Å²) >= 11 is 0. The number of para-hydroxylation sites is 1. The fourth-order valence-electron chi connectivity index (χ4n) is 4.86. The van der Waals surface area contributed by atoms with E-state index in [2.05, 4.69) is 4.98 Å². The number of aryl methyl sites for hydroxylation is 1. The number of benzene rings is 2. The molecule has 2 N–H and O–H groups in total. The second-order valence-electron chi connectivity index (χ2n) is 9.62. The fourth-order valence-corrected chi connectivity index (χ4v) is 4.86. The van der Waals surface area contributed by atoms with Gasteiger partial charge in [0.05, 0.1) is 18.7 Å². The first-order valence-corrected chi connectivity index (χ1v) is 11.8. The average molecular weight is 476 g/mol. The molecule has 4 rings (SSSR count). The lowest BCUT2D eigenvalue weighted by Gasteiger charge is -2.27. The van der Waals surface area contributed by atoms with Gasteiger partial charge in [0, 0.05) is 40.8 Å². The molecule has 2 aromatic carbocycles. The zero-order chi connectivity index (χ0) is 25.4. The van der Waals surface area contributed by atoms with Gasteiger partial charge in [0.15, 0.2) is 0 Å². The monoisotopic (exact) mass is 475 g/mol. The van der Waals surface area contributed by atoms with Gasteiger partial charge in [0.2, 0.25) is 0 Å². The molecule has 1 aromatic heterocycles. The van der Waals surface area contributed by atoms with Gasteiger partial charge in [-0.25, -0.2) is 0 Å². The van der Waals surface area contributed by atoms with E-state index in [9.17, 15) is 14.7 Å². The molecular formula is C28H33N3O4. The number of aliphatic hydroxyl groups excluding tert-OH is 1. The number of likely N-dealkylation sites (tertiary alicyclic amines) is 1. The Labute approximate surface area is 206 Å². The third kappa shape index (κ3) is 4.32. The SMILES string of the molecule is COc1ccc(/C(O)=C2\C(=O)C(=O)N(CCN(C)C)C2c2c(C)[nH]c3ccccc23)cc1C(C)C. The van der Waals surface area contributed by atoms with Gasteiger partial charge in [-0.3, -0.25) is 9.59 Å². The number of aromatic amines is 1. The number of likely N-dealkylation sites (N-methyl/N-ethyl adjacent to an activating group) is 1. The van der Waals surface area contributed by atoms with Crippen molar-refractivity contribution in [2.24, 2.45) is 0 Å². The van der Waals surface area contributed by atoms with E-state index < -0.39 is 17.7 Å². The van der Waals surface area contributed by atoms with E-state index in [0.29, 0.717) is 24.4 Å². The van der Waals surface area contributed by atoms with E-state index in [0.717, 1.165) is 27.7 Å². The van der Waals surface area contributed by atoms with Crippen LogP contribution in [-0.2, 0) is 9.59 Å². The molecule has 1 amide bonds. The van der Waals surface area contributed by atoms with Crippen molar-refractivity contribution in [1.82, 2.24) is 14.8 Å². The second kappa shape index (κ2) is 9.58. The quantitative estimate of drug-likeness (QED) is 0.297. The van der Waals surface area contributed by atoms with Crippen molar-refractivity contribution < 1.29 is 19.4 Å². The van der Waals surface area contributed by atoms with Gasteiger partial charge in [-0.1, -0.05) is 32.0 Å². The first-order valence-electron chi connectivity index (χ1n) is 11.8. The Bertz CT molecular complexity index is 1320. The standard InChI is InChI=1S/C28H33N3O4/c1-16(2)20-15-18(11-12-22(20)35-6)26(32)24-25(31(14-13-30(4)5)28(34)27(24)33)23-17(3)29-21-10-8-7-9-19(21)23/h7-12,15-16,25,29,32H,13-14H2,1-6H3/b26-24+. The lowest BCUT2D eigenvalue weighted by molar-refractivity contribution is -0.140. The third-order valence-corrected chi connectivity index (χ3v) is 6.67. The van der Waals surface area contributed by atoms with Crippen molar-refractivity contribution in [3.05, 3.63) is 70.4 Å². The molecule has 1 saturated heterocycles. The highest BCUT2D eigenvalue weighted by Gasteiger charge is 2.47. The maximum absolute atomic E-state index is 13.4. The van der Waals surface area contributed by atoms with Crippen molar-refractivity contribution in [1.29, 1.82) is 0 Å². The molecule has 0 aliphatic carbocycles. The van der Waals surface area contributed by atoms with Crippen molar-refractivity contribution in [3.8, 4) is 5.75 Å². The summed E-state index contributed by atoms with van der Waals surface area (Å²) in [6.45, 7) is 6.96. The molecule has 1 aliphatic heterocycles. The number of fused-ring (bicyclic) bond motifs is 1. The molecule has 1 atom stereocenters. The predicted molar refractivity (Wildman–Crippen MR) is 138 cm³/mol. The molecule has 7 nitrogen and oxygen atoms in total. The zero-order valence-corrected chi connectivity index (χ0v) is 21.2. The molecule has 184 valence electrons. The number of Topliss-reactive ketones (excluding diaryl/α,β-unsaturated/α-hetero) is 1. The number of rotatable bonds is 7. The molecule has 2 heterocycles. The van der Waals surface area contributed by atoms with Gasteiger partial charge >= 0.3 is 0 Å². The molecule has 0 radical (unpaired) electrons. The van der Waals surface area contributed by atoms with E-state index >= 15 is 0 Å². The smallest absolute Gasteiger partial charge is 0.295 e. The van der Waals surface area contributed by atoms with Crippen molar-refractivity contribution in [3.63, 3.8) is 0 Å². The van der Waals surface area contributed by atoms with Crippen LogP contribution in [0.2, 0.25) is 0 Å². The van der Waals surface area contributed by atoms with E-state index in [1.165, 1.54) is 0 Å². The number of nitrogens with zero attached hydrogens (tertiary/aromatic N) is 2. The Hall–Kier alpha value is -3.58. The minimum Gasteiger partial charge on any atom is -0.507 e. The van der Waals surface area contributed by atoms with Gasteiger partial charge in [0.25, 0.3) is 11.7 Å². The molecular weight excluding hydrogens is 442 g/mol. The highest BCUT2D eigenvalue weighted by atomic mass is 16.5. The summed E-state index contributed by atoms with van der Waals surface area (Å²) in [5.74, 6) is -0.577. The highest BCUT2D eigenvalue weighted by Crippen LogP contribution is 2.43. The number of hydrogen-bond acceptors (Lipinski definition) is 5. The summed E-state index contributed by atoms with van der Waals surface area (Å²) in [7, 11) is 5.46. The van der Waals surface area contributed by atoms with Crippen molar-refractivity contribution >= 4 is 28.4 Å². The number of carbonyl (C=O) groups excluding carboxylic acids is 2. The van der Waals surface area contributed by atoms with Gasteiger partial charge in [0.1, 0.15) is 11.5 Å². The number of aromatic nitrogens is 1. The summed E-state index contributed by atoms with van der Waals surface area (Å²) in [4.78, 5) is 33.6. The van der Waals surface area contributed by atoms with Crippen LogP contribution < -0.4 is 4.74 Å². The van der Waals surface area contributed by atoms with E-state index in [1.54, 1.807) is 24.1 Å². The molecule has 3 aromatic rings. The lowest BCUT2D eigenvalue weighted by atomic mass is 9.92. The molecule has 0 bridgehead atoms. The molecule has 0 saturated carbocycles.